The van der Waals surface area contributed by atoms with Crippen molar-refractivity contribution in [1.82, 2.24) is 0 Å². The van der Waals surface area contributed by atoms with Crippen LogP contribution < -0.4 is 15.9 Å². The molecular formula is C26H20O4PS-. The van der Waals surface area contributed by atoms with Gasteiger partial charge in [-0.15, -0.1) is 0 Å². The highest BCUT2D eigenvalue weighted by Crippen LogP contribution is 2.47. The summed E-state index contributed by atoms with van der Waals surface area (Å²) in [6.45, 7) is -3.34. The average Bonchev–Trinajstić information content (AvgIpc) is 2.83. The lowest BCUT2D eigenvalue weighted by molar-refractivity contribution is 0.107. The fourth-order valence-corrected chi connectivity index (χ4v) is 10.4. The Morgan fingerprint density at radius 1 is 0.562 bits per heavy atom. The number of hydrogen-bond acceptors (Lipinski definition) is 4. The quantitative estimate of drug-likeness (QED) is 0.251. The van der Waals surface area contributed by atoms with Crippen LogP contribution in [0.15, 0.2) is 121 Å². The van der Waals surface area contributed by atoms with E-state index in [1.807, 2.05) is 18.2 Å². The van der Waals surface area contributed by atoms with Gasteiger partial charge in [0.15, 0.2) is 0 Å². The molecule has 0 spiro atoms. The van der Waals surface area contributed by atoms with Crippen LogP contribution in [0.3, 0.4) is 0 Å². The van der Waals surface area contributed by atoms with E-state index >= 15 is 0 Å². The zero-order valence-electron chi connectivity index (χ0n) is 17.0. The molecule has 0 bridgehead atoms. The maximum atomic E-state index is 13.8. The van der Waals surface area contributed by atoms with E-state index < -0.39 is 27.4 Å². The Hall–Kier alpha value is -3.24. The zero-order valence-corrected chi connectivity index (χ0v) is 18.7. The van der Waals surface area contributed by atoms with E-state index in [4.69, 9.17) is 0 Å². The van der Waals surface area contributed by atoms with Crippen molar-refractivity contribution >= 4 is 43.3 Å². The van der Waals surface area contributed by atoms with Gasteiger partial charge in [-0.2, -0.15) is 0 Å². The van der Waals surface area contributed by atoms with E-state index in [9.17, 15) is 17.8 Å². The number of carbonyl (C=O) groups excluding carboxylic acids is 1. The molecule has 6 heteroatoms. The number of ketones is 1. The highest BCUT2D eigenvalue weighted by atomic mass is 32.2. The summed E-state index contributed by atoms with van der Waals surface area (Å²) in [6.07, 6.45) is 0. The average molecular weight is 459 g/mol. The van der Waals surface area contributed by atoms with Crippen LogP contribution in [0.5, 0.6) is 0 Å². The molecule has 0 aliphatic rings. The summed E-state index contributed by atoms with van der Waals surface area (Å²) in [5, 5.41) is 1.86. The Morgan fingerprint density at radius 3 is 1.19 bits per heavy atom. The summed E-state index contributed by atoms with van der Waals surface area (Å²) in [7, 11) is -5.15. The third-order valence-corrected chi connectivity index (χ3v) is 11.4. The predicted molar refractivity (Wildman–Crippen MR) is 131 cm³/mol. The monoisotopic (exact) mass is 459 g/mol. The predicted octanol–water partition coefficient (Wildman–Crippen LogP) is 3.54. The van der Waals surface area contributed by atoms with Gasteiger partial charge < -0.3 is 4.55 Å². The molecule has 0 aliphatic heterocycles. The van der Waals surface area contributed by atoms with Crippen LogP contribution in [-0.2, 0) is 10.1 Å². The molecule has 32 heavy (non-hydrogen) atoms. The highest BCUT2D eigenvalue weighted by molar-refractivity contribution is 8.19. The molecule has 0 saturated heterocycles. The molecule has 0 saturated carbocycles. The third kappa shape index (κ3) is 3.98. The molecule has 0 fully saturated rings. The van der Waals surface area contributed by atoms with Gasteiger partial charge in [0.25, 0.3) is 0 Å². The largest absolute Gasteiger partial charge is 0.744 e. The van der Waals surface area contributed by atoms with E-state index in [1.54, 1.807) is 91.0 Å². The summed E-state index contributed by atoms with van der Waals surface area (Å²) >= 11 is 0. The lowest BCUT2D eigenvalue weighted by atomic mass is 10.1. The van der Waals surface area contributed by atoms with E-state index in [0.717, 1.165) is 0 Å². The van der Waals surface area contributed by atoms with Crippen LogP contribution in [0, 0.1) is 0 Å². The van der Waals surface area contributed by atoms with Crippen molar-refractivity contribution in [3.8, 4) is 0 Å². The van der Waals surface area contributed by atoms with Gasteiger partial charge in [-0.3, -0.25) is 4.79 Å². The van der Waals surface area contributed by atoms with E-state index in [1.165, 1.54) is 12.1 Å². The molecular weight excluding hydrogens is 439 g/mol. The fourth-order valence-electron chi connectivity index (χ4n) is 3.90. The van der Waals surface area contributed by atoms with Crippen LogP contribution in [-0.4, -0.2) is 23.4 Å². The van der Waals surface area contributed by atoms with Crippen molar-refractivity contribution in [1.29, 1.82) is 0 Å². The second-order valence-electron chi connectivity index (χ2n) is 7.13. The van der Waals surface area contributed by atoms with Crippen LogP contribution in [0.2, 0.25) is 0 Å². The number of benzene rings is 4. The maximum Gasteiger partial charge on any atom is 0.204 e. The van der Waals surface area contributed by atoms with Crippen LogP contribution in [0.4, 0.5) is 0 Å². The smallest absolute Gasteiger partial charge is 0.204 e. The minimum Gasteiger partial charge on any atom is -0.744 e. The van der Waals surface area contributed by atoms with Crippen LogP contribution in [0.25, 0.3) is 0 Å². The van der Waals surface area contributed by atoms with Gasteiger partial charge in [0, 0.05) is 5.56 Å². The summed E-state index contributed by atoms with van der Waals surface area (Å²) in [5.74, 6) is -0.773. The van der Waals surface area contributed by atoms with Crippen molar-refractivity contribution in [2.75, 3.05) is 0 Å². The van der Waals surface area contributed by atoms with E-state index in [-0.39, 0.29) is 5.56 Å². The summed E-state index contributed by atoms with van der Waals surface area (Å²) in [4.78, 5) is 13.8. The van der Waals surface area contributed by atoms with Crippen LogP contribution >= 0.6 is 6.89 Å². The third-order valence-electron chi connectivity index (χ3n) is 5.20. The Morgan fingerprint density at radius 2 is 0.875 bits per heavy atom. The van der Waals surface area contributed by atoms with Gasteiger partial charge >= 0.3 is 0 Å². The lowest BCUT2D eigenvalue weighted by Gasteiger charge is -2.33. The number of hydrogen-bond donors (Lipinski definition) is 0. The summed E-state index contributed by atoms with van der Waals surface area (Å²) in [5.41, 5.74) is 0.161. The topological polar surface area (TPSA) is 74.3 Å². The Bertz CT molecular complexity index is 1280. The molecule has 0 atom stereocenters. The second-order valence-corrected chi connectivity index (χ2v) is 12.1. The van der Waals surface area contributed by atoms with E-state index in [2.05, 4.69) is 0 Å². The van der Waals surface area contributed by atoms with Crippen molar-refractivity contribution in [3.63, 3.8) is 0 Å². The zero-order chi connectivity index (χ0) is 22.6. The van der Waals surface area contributed by atoms with Gasteiger partial charge in [0.1, 0.15) is 14.7 Å². The number of Topliss-reactive ketones (excluding diaryl/α,β-unsaturated/α-hetero) is 1. The molecule has 0 aliphatic carbocycles. The maximum absolute atomic E-state index is 13.8. The molecule has 4 aromatic carbocycles. The first kappa shape index (κ1) is 22.0. The molecule has 4 aromatic rings. The van der Waals surface area contributed by atoms with Gasteiger partial charge in [-0.25, -0.2) is 8.42 Å². The Balaban J connectivity index is 2.32. The molecule has 160 valence electrons. The molecule has 0 aromatic heterocycles. The second kappa shape index (κ2) is 9.09. The molecule has 4 rings (SSSR count). The molecule has 0 unspecified atom stereocenters. The molecule has 0 amide bonds. The highest BCUT2D eigenvalue weighted by Gasteiger charge is 2.36. The standard InChI is InChI=1S/C26H21O4PS/c27-25(21-13-5-1-6-14-21)26(32(28,29)30)31(22-15-7-2-8-16-22,23-17-9-3-10-18-23)24-19-11-4-12-20-24/h1-20H,(H,28,29,30)/p-1. The lowest BCUT2D eigenvalue weighted by Crippen LogP contribution is -2.37. The van der Waals surface area contributed by atoms with Crippen LogP contribution in [0.1, 0.15) is 10.4 Å². The molecule has 4 nitrogen and oxygen atoms in total. The summed E-state index contributed by atoms with van der Waals surface area (Å²) in [6, 6.07) is 35.0. The normalized spacial score (nSPS) is 11.7. The molecule has 0 heterocycles. The first-order valence-corrected chi connectivity index (χ1v) is 13.1. The minimum atomic E-state index is -5.15. The first-order chi connectivity index (χ1) is 15.5. The van der Waals surface area contributed by atoms with Gasteiger partial charge in [-0.05, 0) is 22.8 Å². The molecule has 0 radical (unpaired) electrons. The molecule has 0 N–H and O–H groups in total. The first-order valence-electron chi connectivity index (χ1n) is 9.95. The SMILES string of the molecule is O=C(C(=P(c1ccccc1)(c1ccccc1)c1ccccc1)S(=O)(=O)[O-])c1ccccc1. The number of carbonyl (C=O) groups is 1. The Kier molecular flexibility index (Phi) is 6.24. The van der Waals surface area contributed by atoms with Crippen molar-refractivity contribution in [2.24, 2.45) is 0 Å². The van der Waals surface area contributed by atoms with Gasteiger partial charge in [-0.1, -0.05) is 121 Å². The summed E-state index contributed by atoms with van der Waals surface area (Å²) < 4.78 is 38.2. The van der Waals surface area contributed by atoms with Crippen molar-refractivity contribution < 1.29 is 17.8 Å². The minimum absolute atomic E-state index is 0.161. The van der Waals surface area contributed by atoms with E-state index in [0.29, 0.717) is 15.9 Å². The van der Waals surface area contributed by atoms with Crippen molar-refractivity contribution in [3.05, 3.63) is 127 Å². The van der Waals surface area contributed by atoms with Crippen molar-refractivity contribution in [2.45, 2.75) is 0 Å². The fraction of sp³-hybridized carbons (Fsp3) is 0. The number of rotatable bonds is 6. The van der Waals surface area contributed by atoms with Gasteiger partial charge in [0.05, 0.1) is 0 Å². The van der Waals surface area contributed by atoms with Gasteiger partial charge in [0.2, 0.25) is 5.78 Å². The Labute approximate surface area is 187 Å².